The van der Waals surface area contributed by atoms with Gasteiger partial charge in [0.1, 0.15) is 16.4 Å². The van der Waals surface area contributed by atoms with E-state index in [0.717, 1.165) is 21.5 Å². The number of aryl methyl sites for hydroxylation is 1. The molecule has 0 saturated heterocycles. The summed E-state index contributed by atoms with van der Waals surface area (Å²) in [5, 5.41) is 8.46. The lowest BCUT2D eigenvalue weighted by Gasteiger charge is -2.10. The molecule has 138 valence electrons. The van der Waals surface area contributed by atoms with Crippen molar-refractivity contribution in [3.63, 3.8) is 0 Å². The van der Waals surface area contributed by atoms with E-state index in [1.807, 2.05) is 30.7 Å². The second-order valence-corrected chi connectivity index (χ2v) is 7.44. The maximum absolute atomic E-state index is 13.1. The fourth-order valence-corrected chi connectivity index (χ4v) is 4.04. The van der Waals surface area contributed by atoms with Crippen LogP contribution in [0.1, 0.15) is 39.7 Å². The average Bonchev–Trinajstić information content (AvgIpc) is 3.37. The Labute approximate surface area is 159 Å². The topological polar surface area (TPSA) is 60.1 Å². The van der Waals surface area contributed by atoms with Gasteiger partial charge in [0.05, 0.1) is 29.4 Å². The van der Waals surface area contributed by atoms with E-state index in [9.17, 15) is 9.18 Å². The standard InChI is InChI=1S/C20H18FN3O2S/c1-12-16-10-18(19(25)22-13(2)17-4-3-9-26-17)27-20(16)24(23-12)11-14-5-7-15(21)8-6-14/h3-10,13H,11H2,1-2H3,(H,22,25)/t13-/m1/s1. The number of nitrogens with one attached hydrogen (secondary N) is 1. The van der Waals surface area contributed by atoms with Crippen molar-refractivity contribution in [3.8, 4) is 0 Å². The molecule has 3 aromatic heterocycles. The first-order valence-corrected chi connectivity index (χ1v) is 9.38. The van der Waals surface area contributed by atoms with Gasteiger partial charge in [-0.15, -0.1) is 11.3 Å². The number of aromatic nitrogens is 2. The summed E-state index contributed by atoms with van der Waals surface area (Å²) in [5.74, 6) is 0.303. The van der Waals surface area contributed by atoms with Crippen molar-refractivity contribution in [1.29, 1.82) is 0 Å². The lowest BCUT2D eigenvalue weighted by Crippen LogP contribution is -2.25. The third-order valence-corrected chi connectivity index (χ3v) is 5.54. The van der Waals surface area contributed by atoms with Crippen molar-refractivity contribution in [1.82, 2.24) is 15.1 Å². The number of benzene rings is 1. The van der Waals surface area contributed by atoms with Crippen molar-refractivity contribution in [2.75, 3.05) is 0 Å². The minimum absolute atomic E-state index is 0.146. The fourth-order valence-electron chi connectivity index (χ4n) is 2.97. The van der Waals surface area contributed by atoms with E-state index in [1.54, 1.807) is 24.5 Å². The predicted octanol–water partition coefficient (Wildman–Crippen LogP) is 4.68. The van der Waals surface area contributed by atoms with Gasteiger partial charge in [-0.3, -0.25) is 9.48 Å². The summed E-state index contributed by atoms with van der Waals surface area (Å²) < 4.78 is 20.3. The maximum Gasteiger partial charge on any atom is 0.262 e. The number of furan rings is 1. The van der Waals surface area contributed by atoms with Crippen molar-refractivity contribution >= 4 is 27.5 Å². The molecule has 0 aliphatic carbocycles. The SMILES string of the molecule is Cc1nn(Cc2ccc(F)cc2)c2sc(C(=O)N[C@H](C)c3ccco3)cc12. The van der Waals surface area contributed by atoms with Gasteiger partial charge in [0.15, 0.2) is 0 Å². The highest BCUT2D eigenvalue weighted by Gasteiger charge is 2.19. The molecule has 0 saturated carbocycles. The van der Waals surface area contributed by atoms with Crippen LogP contribution in [0.25, 0.3) is 10.2 Å². The van der Waals surface area contributed by atoms with Gasteiger partial charge in [0.2, 0.25) is 0 Å². The van der Waals surface area contributed by atoms with Crippen LogP contribution in [-0.4, -0.2) is 15.7 Å². The number of halogens is 1. The van der Waals surface area contributed by atoms with Crippen LogP contribution >= 0.6 is 11.3 Å². The number of amides is 1. The number of nitrogens with zero attached hydrogens (tertiary/aromatic N) is 2. The highest BCUT2D eigenvalue weighted by Crippen LogP contribution is 2.29. The van der Waals surface area contributed by atoms with Crippen LogP contribution in [0.2, 0.25) is 0 Å². The zero-order valence-corrected chi connectivity index (χ0v) is 15.7. The van der Waals surface area contributed by atoms with Crippen LogP contribution in [0.3, 0.4) is 0 Å². The van der Waals surface area contributed by atoms with Gasteiger partial charge >= 0.3 is 0 Å². The Balaban J connectivity index is 1.58. The first-order chi connectivity index (χ1) is 13.0. The molecule has 4 rings (SSSR count). The molecular formula is C20H18FN3O2S. The smallest absolute Gasteiger partial charge is 0.262 e. The Morgan fingerprint density at radius 1 is 1.33 bits per heavy atom. The van der Waals surface area contributed by atoms with Gasteiger partial charge in [-0.25, -0.2) is 4.39 Å². The van der Waals surface area contributed by atoms with Gasteiger partial charge < -0.3 is 9.73 Å². The average molecular weight is 383 g/mol. The van der Waals surface area contributed by atoms with Gasteiger partial charge in [-0.05, 0) is 49.7 Å². The zero-order valence-electron chi connectivity index (χ0n) is 14.9. The number of thiophene rings is 1. The van der Waals surface area contributed by atoms with Crippen molar-refractivity contribution in [2.24, 2.45) is 0 Å². The van der Waals surface area contributed by atoms with Gasteiger partial charge in [0.25, 0.3) is 5.91 Å². The highest BCUT2D eigenvalue weighted by molar-refractivity contribution is 7.20. The highest BCUT2D eigenvalue weighted by atomic mass is 32.1. The molecule has 0 bridgehead atoms. The molecule has 0 aliphatic rings. The predicted molar refractivity (Wildman–Crippen MR) is 102 cm³/mol. The summed E-state index contributed by atoms with van der Waals surface area (Å²) in [5.41, 5.74) is 1.81. The Morgan fingerprint density at radius 2 is 2.11 bits per heavy atom. The Hall–Kier alpha value is -2.93. The molecule has 1 N–H and O–H groups in total. The molecule has 4 aromatic rings. The molecule has 0 aliphatic heterocycles. The van der Waals surface area contributed by atoms with E-state index in [0.29, 0.717) is 17.2 Å². The first-order valence-electron chi connectivity index (χ1n) is 8.57. The first kappa shape index (κ1) is 17.5. The second kappa shape index (κ2) is 7.00. The van der Waals surface area contributed by atoms with Crippen LogP contribution in [0.5, 0.6) is 0 Å². The molecule has 3 heterocycles. The van der Waals surface area contributed by atoms with E-state index < -0.39 is 0 Å². The Morgan fingerprint density at radius 3 is 2.81 bits per heavy atom. The summed E-state index contributed by atoms with van der Waals surface area (Å²) in [6, 6.07) is 11.6. The molecule has 0 radical (unpaired) electrons. The minimum atomic E-state index is -0.263. The van der Waals surface area contributed by atoms with E-state index in [1.165, 1.54) is 23.5 Å². The van der Waals surface area contributed by atoms with E-state index in [-0.39, 0.29) is 17.8 Å². The molecule has 27 heavy (non-hydrogen) atoms. The van der Waals surface area contributed by atoms with Crippen LogP contribution in [-0.2, 0) is 6.54 Å². The Kier molecular flexibility index (Phi) is 4.53. The molecule has 1 atom stereocenters. The zero-order chi connectivity index (χ0) is 19.0. The summed E-state index contributed by atoms with van der Waals surface area (Å²) in [6.45, 7) is 4.32. The quantitative estimate of drug-likeness (QED) is 0.544. The summed E-state index contributed by atoms with van der Waals surface area (Å²) >= 11 is 1.40. The van der Waals surface area contributed by atoms with Gasteiger partial charge in [-0.2, -0.15) is 5.10 Å². The lowest BCUT2D eigenvalue weighted by molar-refractivity contribution is 0.0939. The normalized spacial score (nSPS) is 12.4. The van der Waals surface area contributed by atoms with Crippen LogP contribution in [0.15, 0.2) is 53.1 Å². The van der Waals surface area contributed by atoms with Crippen LogP contribution < -0.4 is 5.32 Å². The largest absolute Gasteiger partial charge is 0.467 e. The van der Waals surface area contributed by atoms with Crippen molar-refractivity contribution in [2.45, 2.75) is 26.4 Å². The third kappa shape index (κ3) is 3.50. The van der Waals surface area contributed by atoms with Gasteiger partial charge in [-0.1, -0.05) is 12.1 Å². The van der Waals surface area contributed by atoms with Crippen LogP contribution in [0, 0.1) is 12.7 Å². The molecule has 5 nitrogen and oxygen atoms in total. The minimum Gasteiger partial charge on any atom is -0.467 e. The molecule has 0 fully saturated rings. The number of rotatable bonds is 5. The molecule has 1 aromatic carbocycles. The van der Waals surface area contributed by atoms with E-state index in [4.69, 9.17) is 4.42 Å². The summed E-state index contributed by atoms with van der Waals surface area (Å²) in [6.07, 6.45) is 1.59. The summed E-state index contributed by atoms with van der Waals surface area (Å²) in [4.78, 5) is 14.2. The third-order valence-electron chi connectivity index (χ3n) is 4.39. The van der Waals surface area contributed by atoms with Crippen LogP contribution in [0.4, 0.5) is 4.39 Å². The molecular weight excluding hydrogens is 365 g/mol. The molecule has 0 spiro atoms. The lowest BCUT2D eigenvalue weighted by atomic mass is 10.2. The fraction of sp³-hybridized carbons (Fsp3) is 0.200. The second-order valence-electron chi connectivity index (χ2n) is 6.41. The number of hydrogen-bond acceptors (Lipinski definition) is 4. The van der Waals surface area contributed by atoms with E-state index >= 15 is 0 Å². The number of carbonyl (C=O) groups is 1. The number of fused-ring (bicyclic) bond motifs is 1. The number of hydrogen-bond donors (Lipinski definition) is 1. The monoisotopic (exact) mass is 383 g/mol. The van der Waals surface area contributed by atoms with E-state index in [2.05, 4.69) is 10.4 Å². The maximum atomic E-state index is 13.1. The molecule has 0 unspecified atom stereocenters. The van der Waals surface area contributed by atoms with Crippen molar-refractivity contribution < 1.29 is 13.6 Å². The number of carbonyl (C=O) groups excluding carboxylic acids is 1. The Bertz CT molecular complexity index is 1080. The van der Waals surface area contributed by atoms with Gasteiger partial charge in [0, 0.05) is 5.39 Å². The van der Waals surface area contributed by atoms with Crippen molar-refractivity contribution in [3.05, 3.63) is 76.4 Å². The molecule has 1 amide bonds. The summed E-state index contributed by atoms with van der Waals surface area (Å²) in [7, 11) is 0. The molecule has 7 heteroatoms.